The molecule has 1 heterocycles. The number of amides is 1. The third-order valence-electron chi connectivity index (χ3n) is 4.47. The summed E-state index contributed by atoms with van der Waals surface area (Å²) < 4.78 is 58.1. The van der Waals surface area contributed by atoms with Gasteiger partial charge in [0.1, 0.15) is 5.82 Å². The van der Waals surface area contributed by atoms with Crippen molar-refractivity contribution in [2.75, 3.05) is 5.32 Å². The molecule has 2 aromatic rings. The molecular weight excluding hydrogens is 377 g/mol. The van der Waals surface area contributed by atoms with E-state index in [1.165, 1.54) is 12.1 Å². The van der Waals surface area contributed by atoms with Gasteiger partial charge in [-0.3, -0.25) is 4.79 Å². The van der Waals surface area contributed by atoms with Crippen LogP contribution in [0.2, 0.25) is 0 Å². The van der Waals surface area contributed by atoms with Crippen molar-refractivity contribution in [2.45, 2.75) is 32.5 Å². The number of rotatable bonds is 4. The lowest BCUT2D eigenvalue weighted by atomic mass is 9.78. The van der Waals surface area contributed by atoms with E-state index in [4.69, 9.17) is 4.65 Å². The van der Waals surface area contributed by atoms with Crippen LogP contribution in [-0.2, 0) is 10.8 Å². The Kier molecular flexibility index (Phi) is 5.49. The van der Waals surface area contributed by atoms with E-state index in [-0.39, 0.29) is 17.9 Å². The molecule has 0 saturated carbocycles. The van der Waals surface area contributed by atoms with Crippen LogP contribution < -0.4 is 10.8 Å². The molecule has 1 atom stereocenters. The number of fused-ring (bicyclic) bond motifs is 1. The van der Waals surface area contributed by atoms with Gasteiger partial charge in [0.05, 0.1) is 17.2 Å². The van der Waals surface area contributed by atoms with Gasteiger partial charge in [-0.05, 0) is 53.7 Å². The summed E-state index contributed by atoms with van der Waals surface area (Å²) in [6.45, 7) is 4.03. The highest BCUT2D eigenvalue weighted by Gasteiger charge is 2.37. The zero-order chi connectivity index (χ0) is 20.6. The van der Waals surface area contributed by atoms with Crippen LogP contribution in [0.3, 0.4) is 0 Å². The number of carbonyl (C=O) groups is 1. The lowest BCUT2D eigenvalue weighted by Gasteiger charge is -2.15. The van der Waals surface area contributed by atoms with E-state index < -0.39 is 36.1 Å². The first-order valence-electron chi connectivity index (χ1n) is 8.71. The first-order chi connectivity index (χ1) is 13.1. The Morgan fingerprint density at radius 3 is 2.61 bits per heavy atom. The second-order valence-corrected chi connectivity index (χ2v) is 7.09. The van der Waals surface area contributed by atoms with Gasteiger partial charge in [0, 0.05) is 5.69 Å². The summed E-state index contributed by atoms with van der Waals surface area (Å²) in [7, 11) is -1.17. The van der Waals surface area contributed by atoms with Crippen molar-refractivity contribution in [3.63, 3.8) is 0 Å². The fourth-order valence-corrected chi connectivity index (χ4v) is 3.22. The summed E-state index contributed by atoms with van der Waals surface area (Å²) in [5, 5.41) is 12.5. The van der Waals surface area contributed by atoms with E-state index in [2.05, 4.69) is 5.32 Å². The first kappa shape index (κ1) is 20.4. The van der Waals surface area contributed by atoms with Gasteiger partial charge < -0.3 is 15.0 Å². The third kappa shape index (κ3) is 4.20. The summed E-state index contributed by atoms with van der Waals surface area (Å²) in [5.74, 6) is -1.78. The molecule has 2 aromatic carbocycles. The SMILES string of the molecule is CC(C)CC1OB(O)c2cc(NC(=O)c3ccc(F)cc3C(F)(F)F)ccc21. The van der Waals surface area contributed by atoms with Crippen LogP contribution in [0, 0.1) is 11.7 Å². The highest BCUT2D eigenvalue weighted by Crippen LogP contribution is 2.33. The average Bonchev–Trinajstić information content (AvgIpc) is 2.88. The minimum atomic E-state index is -4.87. The zero-order valence-corrected chi connectivity index (χ0v) is 15.2. The van der Waals surface area contributed by atoms with Crippen molar-refractivity contribution in [3.05, 3.63) is 58.9 Å². The monoisotopic (exact) mass is 395 g/mol. The molecule has 1 amide bonds. The molecule has 0 fully saturated rings. The van der Waals surface area contributed by atoms with Gasteiger partial charge in [-0.1, -0.05) is 19.9 Å². The van der Waals surface area contributed by atoms with E-state index in [0.717, 1.165) is 17.7 Å². The summed E-state index contributed by atoms with van der Waals surface area (Å²) >= 11 is 0. The molecule has 1 unspecified atom stereocenters. The summed E-state index contributed by atoms with van der Waals surface area (Å²) in [4.78, 5) is 12.4. The van der Waals surface area contributed by atoms with Crippen molar-refractivity contribution in [2.24, 2.45) is 5.92 Å². The van der Waals surface area contributed by atoms with E-state index in [0.29, 0.717) is 17.8 Å². The fraction of sp³-hybridized carbons (Fsp3) is 0.316. The van der Waals surface area contributed by atoms with Crippen molar-refractivity contribution < 1.29 is 32.0 Å². The quantitative estimate of drug-likeness (QED) is 0.610. The smallest absolute Gasteiger partial charge is 0.423 e. The molecule has 1 aliphatic heterocycles. The van der Waals surface area contributed by atoms with Crippen molar-refractivity contribution >= 4 is 24.2 Å². The highest BCUT2D eigenvalue weighted by molar-refractivity contribution is 6.62. The van der Waals surface area contributed by atoms with Crippen molar-refractivity contribution in [1.29, 1.82) is 0 Å². The lowest BCUT2D eigenvalue weighted by Crippen LogP contribution is -2.28. The molecule has 148 valence electrons. The van der Waals surface area contributed by atoms with E-state index in [1.807, 2.05) is 13.8 Å². The minimum absolute atomic E-state index is 0.203. The number of hydrogen-bond acceptors (Lipinski definition) is 3. The molecule has 3 rings (SSSR count). The maximum atomic E-state index is 13.2. The molecule has 0 saturated heterocycles. The molecule has 0 aromatic heterocycles. The Morgan fingerprint density at radius 2 is 1.96 bits per heavy atom. The topological polar surface area (TPSA) is 58.6 Å². The molecule has 0 bridgehead atoms. The van der Waals surface area contributed by atoms with Crippen LogP contribution >= 0.6 is 0 Å². The summed E-state index contributed by atoms with van der Waals surface area (Å²) in [6.07, 6.45) is -4.47. The largest absolute Gasteiger partial charge is 0.492 e. The maximum absolute atomic E-state index is 13.2. The Morgan fingerprint density at radius 1 is 1.25 bits per heavy atom. The van der Waals surface area contributed by atoms with Crippen LogP contribution in [0.25, 0.3) is 0 Å². The van der Waals surface area contributed by atoms with Gasteiger partial charge in [-0.2, -0.15) is 13.2 Å². The second kappa shape index (κ2) is 7.56. The Hall–Kier alpha value is -2.39. The Bertz CT molecular complexity index is 901. The molecule has 0 spiro atoms. The molecule has 4 nitrogen and oxygen atoms in total. The number of benzene rings is 2. The van der Waals surface area contributed by atoms with Crippen molar-refractivity contribution in [1.82, 2.24) is 0 Å². The molecular formula is C19H18BF4NO3. The maximum Gasteiger partial charge on any atom is 0.492 e. The molecule has 0 radical (unpaired) electrons. The number of hydrogen-bond donors (Lipinski definition) is 2. The number of anilines is 1. The van der Waals surface area contributed by atoms with Gasteiger partial charge in [0.15, 0.2) is 0 Å². The predicted octanol–water partition coefficient (Wildman–Crippen LogP) is 3.90. The van der Waals surface area contributed by atoms with Gasteiger partial charge >= 0.3 is 13.3 Å². The molecule has 9 heteroatoms. The Labute approximate surface area is 159 Å². The molecule has 28 heavy (non-hydrogen) atoms. The van der Waals surface area contributed by atoms with Gasteiger partial charge in [-0.15, -0.1) is 0 Å². The molecule has 0 aliphatic carbocycles. The fourth-order valence-electron chi connectivity index (χ4n) is 3.22. The normalized spacial score (nSPS) is 16.4. The van der Waals surface area contributed by atoms with Crippen LogP contribution in [0.15, 0.2) is 36.4 Å². The van der Waals surface area contributed by atoms with Gasteiger partial charge in [0.25, 0.3) is 5.91 Å². The van der Waals surface area contributed by atoms with Crippen LogP contribution in [-0.4, -0.2) is 18.0 Å². The van der Waals surface area contributed by atoms with Crippen LogP contribution in [0.5, 0.6) is 0 Å². The van der Waals surface area contributed by atoms with Crippen LogP contribution in [0.1, 0.15) is 47.9 Å². The van der Waals surface area contributed by atoms with Gasteiger partial charge in [0.2, 0.25) is 0 Å². The van der Waals surface area contributed by atoms with E-state index >= 15 is 0 Å². The van der Waals surface area contributed by atoms with Crippen molar-refractivity contribution in [3.8, 4) is 0 Å². The number of carbonyl (C=O) groups excluding carboxylic acids is 1. The molecule has 1 aliphatic rings. The standard InChI is InChI=1S/C19H18BF4NO3/c1-10(2)7-17-14-6-4-12(9-16(14)20(27)28-17)25-18(26)13-5-3-11(21)8-15(13)19(22,23)24/h3-6,8-10,17,27H,7H2,1-2H3,(H,25,26). The second-order valence-electron chi connectivity index (χ2n) is 7.09. The average molecular weight is 395 g/mol. The van der Waals surface area contributed by atoms with Crippen LogP contribution in [0.4, 0.5) is 23.2 Å². The number of nitrogens with one attached hydrogen (secondary N) is 1. The first-order valence-corrected chi connectivity index (χ1v) is 8.71. The van der Waals surface area contributed by atoms with Gasteiger partial charge in [-0.25, -0.2) is 4.39 Å². The highest BCUT2D eigenvalue weighted by atomic mass is 19.4. The minimum Gasteiger partial charge on any atom is -0.423 e. The summed E-state index contributed by atoms with van der Waals surface area (Å²) in [5.41, 5.74) is -0.611. The third-order valence-corrected chi connectivity index (χ3v) is 4.47. The summed E-state index contributed by atoms with van der Waals surface area (Å²) in [6, 6.07) is 6.53. The molecule has 2 N–H and O–H groups in total. The predicted molar refractivity (Wildman–Crippen MR) is 96.7 cm³/mol. The van der Waals surface area contributed by atoms with E-state index in [9.17, 15) is 27.4 Å². The Balaban J connectivity index is 1.86. The lowest BCUT2D eigenvalue weighted by molar-refractivity contribution is -0.138. The number of alkyl halides is 3. The number of halogens is 4. The zero-order valence-electron chi connectivity index (χ0n) is 15.2. The van der Waals surface area contributed by atoms with E-state index in [1.54, 1.807) is 6.07 Å².